The summed E-state index contributed by atoms with van der Waals surface area (Å²) in [6.07, 6.45) is 0.369. The van der Waals surface area contributed by atoms with E-state index in [4.69, 9.17) is 21.1 Å². The number of hydrogen-bond donors (Lipinski definition) is 1. The Kier molecular flexibility index (Phi) is 5.76. The Balaban J connectivity index is 2.09. The molecule has 1 N–H and O–H groups in total. The van der Waals surface area contributed by atoms with Gasteiger partial charge < -0.3 is 14.2 Å². The Bertz CT molecular complexity index is 642. The van der Waals surface area contributed by atoms with Gasteiger partial charge in [-0.05, 0) is 24.6 Å². The fourth-order valence-electron chi connectivity index (χ4n) is 1.91. The molecule has 0 bridgehead atoms. The van der Waals surface area contributed by atoms with Gasteiger partial charge in [-0.15, -0.1) is 0 Å². The van der Waals surface area contributed by atoms with Crippen molar-refractivity contribution in [3.05, 3.63) is 28.8 Å². The summed E-state index contributed by atoms with van der Waals surface area (Å²) in [5.74, 6) is -0.589. The molecule has 0 saturated carbocycles. The van der Waals surface area contributed by atoms with Gasteiger partial charge >= 0.3 is 5.97 Å². The Morgan fingerprint density at radius 2 is 2.27 bits per heavy atom. The molecule has 1 aromatic carbocycles. The molecule has 0 aromatic heterocycles. The number of halogens is 1. The molecule has 0 spiro atoms. The molecular weight excluding hydrogens is 334 g/mol. The van der Waals surface area contributed by atoms with Crippen molar-refractivity contribution in [1.29, 1.82) is 0 Å². The third-order valence-electron chi connectivity index (χ3n) is 3.11. The van der Waals surface area contributed by atoms with Crippen LogP contribution in [0.1, 0.15) is 16.8 Å². The van der Waals surface area contributed by atoms with Gasteiger partial charge in [0.2, 0.25) is 10.0 Å². The Hall–Kier alpha value is -1.19. The first-order valence-corrected chi connectivity index (χ1v) is 8.37. The van der Waals surface area contributed by atoms with Crippen molar-refractivity contribution < 1.29 is 27.4 Å². The van der Waals surface area contributed by atoms with Crippen LogP contribution in [0.2, 0.25) is 5.02 Å². The van der Waals surface area contributed by atoms with E-state index in [2.05, 4.69) is 9.46 Å². The van der Waals surface area contributed by atoms with Crippen molar-refractivity contribution in [2.24, 2.45) is 0 Å². The summed E-state index contributed by atoms with van der Waals surface area (Å²) in [6, 6.07) is 3.87. The highest BCUT2D eigenvalue weighted by Gasteiger charge is 2.22. The number of hydrogen-bond acceptors (Lipinski definition) is 6. The molecular formula is C13H16ClNO6S. The van der Waals surface area contributed by atoms with Crippen molar-refractivity contribution in [3.63, 3.8) is 0 Å². The second-order valence-corrected chi connectivity index (χ2v) is 6.73. The van der Waals surface area contributed by atoms with E-state index in [1.54, 1.807) is 0 Å². The first-order chi connectivity index (χ1) is 10.4. The number of benzene rings is 1. The predicted octanol–water partition coefficient (Wildman–Crippen LogP) is 1.17. The maximum Gasteiger partial charge on any atom is 0.337 e. The first-order valence-electron chi connectivity index (χ1n) is 6.51. The second kappa shape index (κ2) is 7.38. The van der Waals surface area contributed by atoms with Crippen LogP contribution in [-0.4, -0.2) is 47.5 Å². The van der Waals surface area contributed by atoms with Gasteiger partial charge in [0.1, 0.15) is 11.7 Å². The van der Waals surface area contributed by atoms with Crippen molar-refractivity contribution in [2.45, 2.75) is 17.4 Å². The number of sulfonamides is 1. The van der Waals surface area contributed by atoms with E-state index in [0.717, 1.165) is 0 Å². The minimum Gasteiger partial charge on any atom is -0.465 e. The lowest BCUT2D eigenvalue weighted by atomic mass is 10.2. The Morgan fingerprint density at radius 3 is 2.86 bits per heavy atom. The van der Waals surface area contributed by atoms with Crippen LogP contribution in [0.5, 0.6) is 0 Å². The van der Waals surface area contributed by atoms with Crippen molar-refractivity contribution in [1.82, 2.24) is 4.72 Å². The van der Waals surface area contributed by atoms with Gasteiger partial charge in [-0.2, -0.15) is 0 Å². The van der Waals surface area contributed by atoms with Crippen molar-refractivity contribution in [2.75, 3.05) is 27.1 Å². The number of carbonyl (C=O) groups is 1. The van der Waals surface area contributed by atoms with Crippen LogP contribution in [0.3, 0.4) is 0 Å². The first kappa shape index (κ1) is 17.2. The molecule has 7 nitrogen and oxygen atoms in total. The maximum atomic E-state index is 12.2. The number of methoxy groups -OCH3 is 1. The van der Waals surface area contributed by atoms with Crippen LogP contribution in [0.15, 0.2) is 23.1 Å². The quantitative estimate of drug-likeness (QED) is 0.802. The third-order valence-corrected chi connectivity index (χ3v) is 5.02. The van der Waals surface area contributed by atoms with Gasteiger partial charge in [-0.25, -0.2) is 17.9 Å². The zero-order valence-electron chi connectivity index (χ0n) is 11.9. The molecule has 22 heavy (non-hydrogen) atoms. The van der Waals surface area contributed by atoms with E-state index in [1.807, 2.05) is 0 Å². The fourth-order valence-corrected chi connectivity index (χ4v) is 3.52. The lowest BCUT2D eigenvalue weighted by molar-refractivity contribution is -0.136. The average Bonchev–Trinajstić information content (AvgIpc) is 2.53. The molecule has 1 aliphatic heterocycles. The van der Waals surface area contributed by atoms with Crippen LogP contribution in [0.25, 0.3) is 0 Å². The molecule has 0 amide bonds. The normalized spacial score (nSPS) is 18.9. The number of nitrogens with one attached hydrogen (secondary N) is 1. The molecule has 1 fully saturated rings. The van der Waals surface area contributed by atoms with E-state index in [1.165, 1.54) is 25.3 Å². The molecule has 1 atom stereocenters. The molecule has 1 heterocycles. The smallest absolute Gasteiger partial charge is 0.337 e. The van der Waals surface area contributed by atoms with Crippen molar-refractivity contribution >= 4 is 27.6 Å². The number of carbonyl (C=O) groups excluding carboxylic acids is 1. The summed E-state index contributed by atoms with van der Waals surface area (Å²) in [7, 11) is -2.56. The second-order valence-electron chi connectivity index (χ2n) is 4.59. The van der Waals surface area contributed by atoms with Gasteiger partial charge in [0.05, 0.1) is 30.4 Å². The molecule has 1 saturated heterocycles. The highest BCUT2D eigenvalue weighted by molar-refractivity contribution is 7.89. The largest absolute Gasteiger partial charge is 0.465 e. The lowest BCUT2D eigenvalue weighted by Gasteiger charge is -2.23. The molecule has 2 rings (SSSR count). The molecule has 9 heteroatoms. The van der Waals surface area contributed by atoms with E-state index in [9.17, 15) is 13.2 Å². The zero-order valence-corrected chi connectivity index (χ0v) is 13.4. The molecule has 122 valence electrons. The summed E-state index contributed by atoms with van der Waals surface area (Å²) in [5.41, 5.74) is 0.180. The highest BCUT2D eigenvalue weighted by Crippen LogP contribution is 2.23. The van der Waals surface area contributed by atoms with Gasteiger partial charge in [0.15, 0.2) is 0 Å². The highest BCUT2D eigenvalue weighted by atomic mass is 35.5. The lowest BCUT2D eigenvalue weighted by Crippen LogP contribution is -2.37. The van der Waals surface area contributed by atoms with E-state index in [-0.39, 0.29) is 34.9 Å². The van der Waals surface area contributed by atoms with Gasteiger partial charge in [0.25, 0.3) is 0 Å². The predicted molar refractivity (Wildman–Crippen MR) is 78.3 cm³/mol. The molecule has 1 aromatic rings. The molecule has 1 aliphatic rings. The molecule has 0 radical (unpaired) electrons. The monoisotopic (exact) mass is 349 g/mol. The minimum absolute atomic E-state index is 0.0525. The van der Waals surface area contributed by atoms with Crippen molar-refractivity contribution in [3.8, 4) is 0 Å². The topological polar surface area (TPSA) is 90.9 Å². The van der Waals surface area contributed by atoms with Crippen LogP contribution in [0.4, 0.5) is 0 Å². The summed E-state index contributed by atoms with van der Waals surface area (Å²) in [4.78, 5) is 11.3. The molecule has 0 aliphatic carbocycles. The van der Waals surface area contributed by atoms with Crippen LogP contribution >= 0.6 is 11.6 Å². The summed E-state index contributed by atoms with van der Waals surface area (Å²) in [6.45, 7) is 0.808. The van der Waals surface area contributed by atoms with Crippen LogP contribution < -0.4 is 4.72 Å². The Morgan fingerprint density at radius 1 is 1.50 bits per heavy atom. The summed E-state index contributed by atoms with van der Waals surface area (Å²) >= 11 is 5.96. The van der Waals surface area contributed by atoms with Crippen LogP contribution in [0, 0.1) is 0 Å². The van der Waals surface area contributed by atoms with Crippen LogP contribution in [-0.2, 0) is 24.2 Å². The van der Waals surface area contributed by atoms with Gasteiger partial charge in [0, 0.05) is 6.54 Å². The van der Waals surface area contributed by atoms with Gasteiger partial charge in [-0.1, -0.05) is 11.6 Å². The standard InChI is InChI=1S/C13H16ClNO6S/c1-19-13(16)9-2-3-12(11(14)6-9)22(17,18)15-7-10-4-5-20-8-21-10/h2-3,6,10,15H,4-5,7-8H2,1H3/t10-/m1/s1. The number of ether oxygens (including phenoxy) is 3. The zero-order chi connectivity index (χ0) is 16.2. The molecule has 0 unspecified atom stereocenters. The number of esters is 1. The van der Waals surface area contributed by atoms with E-state index in [0.29, 0.717) is 13.0 Å². The fraction of sp³-hybridized carbons (Fsp3) is 0.462. The SMILES string of the molecule is COC(=O)c1ccc(S(=O)(=O)NC[C@H]2CCOCO2)c(Cl)c1. The van der Waals surface area contributed by atoms with E-state index < -0.39 is 16.0 Å². The minimum atomic E-state index is -3.79. The van der Waals surface area contributed by atoms with Gasteiger partial charge in [-0.3, -0.25) is 0 Å². The number of rotatable bonds is 5. The summed E-state index contributed by atoms with van der Waals surface area (Å²) in [5, 5.41) is -0.0525. The summed E-state index contributed by atoms with van der Waals surface area (Å²) < 4.78 is 41.8. The van der Waals surface area contributed by atoms with E-state index >= 15 is 0 Å². The Labute approximate surface area is 133 Å². The maximum absolute atomic E-state index is 12.2. The third kappa shape index (κ3) is 4.17. The average molecular weight is 350 g/mol.